The molecule has 2 aliphatic rings. The summed E-state index contributed by atoms with van der Waals surface area (Å²) in [7, 11) is 0. The lowest BCUT2D eigenvalue weighted by Gasteiger charge is -2.23. The molecule has 0 spiro atoms. The summed E-state index contributed by atoms with van der Waals surface area (Å²) in [4.78, 5) is 30.8. The SMILES string of the molecule is CC(=O)Nc1cccc(-c2cnc3n2CCN(C(=O)C2CCCC2)CC3)c1. The molecule has 1 aromatic heterocycles. The van der Waals surface area contributed by atoms with Crippen LogP contribution in [0.3, 0.4) is 0 Å². The van der Waals surface area contributed by atoms with E-state index < -0.39 is 0 Å². The van der Waals surface area contributed by atoms with Gasteiger partial charge in [0.15, 0.2) is 0 Å². The average Bonchev–Trinajstić information content (AvgIpc) is 3.27. The summed E-state index contributed by atoms with van der Waals surface area (Å²) in [5.41, 5.74) is 2.84. The van der Waals surface area contributed by atoms with Crippen molar-refractivity contribution in [1.29, 1.82) is 0 Å². The van der Waals surface area contributed by atoms with E-state index in [1.54, 1.807) is 0 Å². The molecule has 6 nitrogen and oxygen atoms in total. The molecule has 0 saturated heterocycles. The van der Waals surface area contributed by atoms with E-state index in [1.165, 1.54) is 19.8 Å². The van der Waals surface area contributed by atoms with Crippen LogP contribution < -0.4 is 5.32 Å². The average molecular weight is 366 g/mol. The van der Waals surface area contributed by atoms with Gasteiger partial charge < -0.3 is 14.8 Å². The van der Waals surface area contributed by atoms with Gasteiger partial charge in [-0.2, -0.15) is 0 Å². The zero-order chi connectivity index (χ0) is 18.8. The number of rotatable bonds is 3. The number of fused-ring (bicyclic) bond motifs is 1. The lowest BCUT2D eigenvalue weighted by atomic mass is 10.1. The fourth-order valence-electron chi connectivity index (χ4n) is 4.27. The van der Waals surface area contributed by atoms with Gasteiger partial charge in [-0.3, -0.25) is 9.59 Å². The molecule has 6 heteroatoms. The molecule has 27 heavy (non-hydrogen) atoms. The molecule has 4 rings (SSSR count). The predicted octanol–water partition coefficient (Wildman–Crippen LogP) is 3.08. The Morgan fingerprint density at radius 3 is 2.74 bits per heavy atom. The molecule has 0 unspecified atom stereocenters. The maximum absolute atomic E-state index is 12.8. The van der Waals surface area contributed by atoms with Gasteiger partial charge >= 0.3 is 0 Å². The highest BCUT2D eigenvalue weighted by Gasteiger charge is 2.29. The minimum Gasteiger partial charge on any atom is -0.340 e. The highest BCUT2D eigenvalue weighted by molar-refractivity contribution is 5.89. The van der Waals surface area contributed by atoms with E-state index >= 15 is 0 Å². The molecule has 2 amide bonds. The highest BCUT2D eigenvalue weighted by Crippen LogP contribution is 2.28. The van der Waals surface area contributed by atoms with Gasteiger partial charge in [0.2, 0.25) is 11.8 Å². The van der Waals surface area contributed by atoms with E-state index in [9.17, 15) is 9.59 Å². The number of nitrogens with zero attached hydrogens (tertiary/aromatic N) is 3. The largest absolute Gasteiger partial charge is 0.340 e. The molecule has 1 aromatic carbocycles. The summed E-state index contributed by atoms with van der Waals surface area (Å²) in [5, 5.41) is 2.83. The molecule has 2 aromatic rings. The molecule has 1 aliphatic heterocycles. The summed E-state index contributed by atoms with van der Waals surface area (Å²) >= 11 is 0. The van der Waals surface area contributed by atoms with Crippen molar-refractivity contribution in [1.82, 2.24) is 14.5 Å². The molecule has 1 N–H and O–H groups in total. The Labute approximate surface area is 159 Å². The van der Waals surface area contributed by atoms with E-state index in [4.69, 9.17) is 0 Å². The maximum atomic E-state index is 12.8. The topological polar surface area (TPSA) is 67.2 Å². The number of carbonyl (C=O) groups is 2. The Balaban J connectivity index is 1.53. The quantitative estimate of drug-likeness (QED) is 0.908. The van der Waals surface area contributed by atoms with Gasteiger partial charge in [-0.25, -0.2) is 4.98 Å². The first kappa shape index (κ1) is 17.8. The van der Waals surface area contributed by atoms with Crippen LogP contribution in [0.15, 0.2) is 30.5 Å². The third-order valence-electron chi connectivity index (χ3n) is 5.63. The number of carbonyl (C=O) groups excluding carboxylic acids is 2. The van der Waals surface area contributed by atoms with Gasteiger partial charge in [-0.15, -0.1) is 0 Å². The van der Waals surface area contributed by atoms with Crippen molar-refractivity contribution in [2.24, 2.45) is 5.92 Å². The Hall–Kier alpha value is -2.63. The smallest absolute Gasteiger partial charge is 0.225 e. The van der Waals surface area contributed by atoms with Gasteiger partial charge in [0.25, 0.3) is 0 Å². The maximum Gasteiger partial charge on any atom is 0.225 e. The van der Waals surface area contributed by atoms with Crippen molar-refractivity contribution in [2.45, 2.75) is 45.6 Å². The van der Waals surface area contributed by atoms with Crippen LogP contribution in [0.5, 0.6) is 0 Å². The zero-order valence-corrected chi connectivity index (χ0v) is 15.8. The highest BCUT2D eigenvalue weighted by atomic mass is 16.2. The first-order chi connectivity index (χ1) is 13.1. The van der Waals surface area contributed by atoms with Crippen molar-refractivity contribution in [3.63, 3.8) is 0 Å². The van der Waals surface area contributed by atoms with E-state index in [-0.39, 0.29) is 11.8 Å². The van der Waals surface area contributed by atoms with Crippen LogP contribution in [0.4, 0.5) is 5.69 Å². The number of nitrogens with one attached hydrogen (secondary N) is 1. The van der Waals surface area contributed by atoms with Crippen LogP contribution in [0.2, 0.25) is 0 Å². The molecular weight excluding hydrogens is 340 g/mol. The number of hydrogen-bond donors (Lipinski definition) is 1. The van der Waals surface area contributed by atoms with Crippen LogP contribution >= 0.6 is 0 Å². The van der Waals surface area contributed by atoms with E-state index in [0.29, 0.717) is 5.91 Å². The lowest BCUT2D eigenvalue weighted by Crippen LogP contribution is -2.37. The molecule has 2 heterocycles. The number of amides is 2. The van der Waals surface area contributed by atoms with Crippen LogP contribution in [-0.4, -0.2) is 39.4 Å². The predicted molar refractivity (Wildman–Crippen MR) is 104 cm³/mol. The molecule has 0 radical (unpaired) electrons. The third kappa shape index (κ3) is 3.75. The monoisotopic (exact) mass is 366 g/mol. The molecule has 0 atom stereocenters. The molecule has 0 bridgehead atoms. The second kappa shape index (κ2) is 7.55. The second-order valence-electron chi connectivity index (χ2n) is 7.53. The zero-order valence-electron chi connectivity index (χ0n) is 15.8. The summed E-state index contributed by atoms with van der Waals surface area (Å²) in [5.74, 6) is 1.49. The molecule has 1 aliphatic carbocycles. The van der Waals surface area contributed by atoms with Crippen molar-refractivity contribution < 1.29 is 9.59 Å². The fourth-order valence-corrected chi connectivity index (χ4v) is 4.27. The summed E-state index contributed by atoms with van der Waals surface area (Å²) < 4.78 is 2.22. The summed E-state index contributed by atoms with van der Waals surface area (Å²) in [6.45, 7) is 3.75. The minimum absolute atomic E-state index is 0.0830. The first-order valence-corrected chi connectivity index (χ1v) is 9.83. The standard InChI is InChI=1S/C21H26N4O2/c1-15(26)23-18-8-4-7-17(13-18)19-14-22-20-9-10-24(11-12-25(19)20)21(27)16-5-2-3-6-16/h4,7-8,13-14,16H,2-3,5-6,9-12H2,1H3,(H,23,26). The fraction of sp³-hybridized carbons (Fsp3) is 0.476. The van der Waals surface area contributed by atoms with Gasteiger partial charge in [0.1, 0.15) is 5.82 Å². The second-order valence-corrected chi connectivity index (χ2v) is 7.53. The van der Waals surface area contributed by atoms with Gasteiger partial charge in [-0.1, -0.05) is 25.0 Å². The Morgan fingerprint density at radius 2 is 1.96 bits per heavy atom. The first-order valence-electron chi connectivity index (χ1n) is 9.83. The molecule has 142 valence electrons. The van der Waals surface area contributed by atoms with Crippen molar-refractivity contribution >= 4 is 17.5 Å². The number of aromatic nitrogens is 2. The Kier molecular flexibility index (Phi) is 4.97. The molecule has 1 fully saturated rings. The Morgan fingerprint density at radius 1 is 1.15 bits per heavy atom. The van der Waals surface area contributed by atoms with Crippen molar-refractivity contribution in [2.75, 3.05) is 18.4 Å². The number of benzene rings is 1. The van der Waals surface area contributed by atoms with Crippen LogP contribution in [0.1, 0.15) is 38.4 Å². The van der Waals surface area contributed by atoms with Crippen molar-refractivity contribution in [3.05, 3.63) is 36.3 Å². The van der Waals surface area contributed by atoms with E-state index in [1.807, 2.05) is 35.4 Å². The van der Waals surface area contributed by atoms with Gasteiger partial charge in [-0.05, 0) is 25.0 Å². The van der Waals surface area contributed by atoms with Gasteiger partial charge in [0, 0.05) is 50.1 Å². The number of imidazole rings is 1. The van der Waals surface area contributed by atoms with Crippen molar-refractivity contribution in [3.8, 4) is 11.3 Å². The normalized spacial score (nSPS) is 17.4. The lowest BCUT2D eigenvalue weighted by molar-refractivity contribution is -0.135. The van der Waals surface area contributed by atoms with Gasteiger partial charge in [0.05, 0.1) is 11.9 Å². The minimum atomic E-state index is -0.0830. The number of hydrogen-bond acceptors (Lipinski definition) is 3. The van der Waals surface area contributed by atoms with Crippen LogP contribution in [0, 0.1) is 5.92 Å². The summed E-state index contributed by atoms with van der Waals surface area (Å²) in [6, 6.07) is 7.82. The van der Waals surface area contributed by atoms with E-state index in [0.717, 1.165) is 61.7 Å². The van der Waals surface area contributed by atoms with E-state index in [2.05, 4.69) is 14.9 Å². The number of anilines is 1. The van der Waals surface area contributed by atoms with Crippen LogP contribution in [0.25, 0.3) is 11.3 Å². The third-order valence-corrected chi connectivity index (χ3v) is 5.63. The molecular formula is C21H26N4O2. The Bertz CT molecular complexity index is 852. The summed E-state index contributed by atoms with van der Waals surface area (Å²) in [6.07, 6.45) is 7.13. The van der Waals surface area contributed by atoms with Crippen LogP contribution in [-0.2, 0) is 22.6 Å². The molecule has 1 saturated carbocycles.